The first-order valence-electron chi connectivity index (χ1n) is 10.7. The molecule has 4 aliphatic rings. The fraction of sp³-hybridized carbons (Fsp3) is 0.545. The van der Waals surface area contributed by atoms with Crippen LogP contribution in [0.1, 0.15) is 51.1 Å². The van der Waals surface area contributed by atoms with Crippen molar-refractivity contribution in [3.05, 3.63) is 35.2 Å². The van der Waals surface area contributed by atoms with Crippen LogP contribution in [0.3, 0.4) is 0 Å². The van der Waals surface area contributed by atoms with Gasteiger partial charge in [-0.25, -0.2) is 10.4 Å². The molecule has 4 bridgehead atoms. The Morgan fingerprint density at radius 2 is 1.90 bits per heavy atom. The van der Waals surface area contributed by atoms with Crippen LogP contribution in [-0.2, 0) is 9.59 Å². The lowest BCUT2D eigenvalue weighted by molar-refractivity contribution is -0.148. The monoisotopic (exact) mass is 427 g/mol. The van der Waals surface area contributed by atoms with Crippen LogP contribution in [0.25, 0.3) is 5.65 Å². The Bertz CT molecular complexity index is 994. The minimum Gasteiger partial charge on any atom is -0.344 e. The summed E-state index contributed by atoms with van der Waals surface area (Å²) in [5.41, 5.74) is 3.52. The number of nitrogens with zero attached hydrogens (tertiary/aromatic N) is 3. The standard InChI is InChI=1S/C22H26ClN5O2/c1-13(25-21(30)22-9-14-6-15(10-22)8-16(7-14)11-22)20(29)27-24-12-17-19(23)26-18-4-2-3-5-28(17)18/h2-5,12-16H,6-11H2,1H3,(H,25,30)(H,27,29)/b24-12-/t13-,14?,15?,16?,22?/m0/s1. The SMILES string of the molecule is C[C@H](NC(=O)C12CC3CC(CC(C3)C1)C2)C(=O)N/N=C\c1c(Cl)nc2ccccn12. The average Bonchev–Trinajstić information content (AvgIpc) is 3.02. The number of carbonyl (C=O) groups is 2. The molecule has 0 aliphatic heterocycles. The van der Waals surface area contributed by atoms with Gasteiger partial charge in [0.2, 0.25) is 5.91 Å². The first-order valence-corrected chi connectivity index (χ1v) is 11.1. The molecule has 4 fully saturated rings. The van der Waals surface area contributed by atoms with Crippen molar-refractivity contribution in [3.63, 3.8) is 0 Å². The molecule has 2 heterocycles. The number of amides is 2. The van der Waals surface area contributed by atoms with E-state index in [4.69, 9.17) is 11.6 Å². The molecular weight excluding hydrogens is 402 g/mol. The number of imidazole rings is 1. The normalized spacial score (nSPS) is 30.7. The first-order chi connectivity index (χ1) is 14.4. The van der Waals surface area contributed by atoms with Crippen LogP contribution >= 0.6 is 11.6 Å². The molecule has 2 N–H and O–H groups in total. The minimum atomic E-state index is -0.652. The summed E-state index contributed by atoms with van der Waals surface area (Å²) in [6, 6.07) is 4.92. The molecule has 0 aromatic carbocycles. The number of halogens is 1. The van der Waals surface area contributed by atoms with Crippen LogP contribution in [0.2, 0.25) is 5.15 Å². The number of hydrogen-bond acceptors (Lipinski definition) is 4. The summed E-state index contributed by atoms with van der Waals surface area (Å²) in [6.45, 7) is 1.70. The third-order valence-corrected chi connectivity index (χ3v) is 7.42. The number of pyridine rings is 1. The van der Waals surface area contributed by atoms with Crippen LogP contribution in [0, 0.1) is 23.2 Å². The highest BCUT2D eigenvalue weighted by molar-refractivity contribution is 6.32. The van der Waals surface area contributed by atoms with Crippen molar-refractivity contribution >= 4 is 35.3 Å². The van der Waals surface area contributed by atoms with Crippen molar-refractivity contribution in [2.75, 3.05) is 0 Å². The molecule has 2 aromatic rings. The van der Waals surface area contributed by atoms with E-state index in [1.165, 1.54) is 25.5 Å². The van der Waals surface area contributed by atoms with Crippen molar-refractivity contribution in [1.29, 1.82) is 0 Å². The average molecular weight is 428 g/mol. The smallest absolute Gasteiger partial charge is 0.262 e. The molecule has 30 heavy (non-hydrogen) atoms. The van der Waals surface area contributed by atoms with Crippen molar-refractivity contribution in [3.8, 4) is 0 Å². The maximum absolute atomic E-state index is 13.1. The molecule has 0 radical (unpaired) electrons. The topological polar surface area (TPSA) is 87.9 Å². The zero-order chi connectivity index (χ0) is 20.9. The van der Waals surface area contributed by atoms with Crippen LogP contribution in [0.4, 0.5) is 0 Å². The number of carbonyl (C=O) groups excluding carboxylic acids is 2. The van der Waals surface area contributed by atoms with Gasteiger partial charge in [-0.1, -0.05) is 17.7 Å². The summed E-state index contributed by atoms with van der Waals surface area (Å²) in [6.07, 6.45) is 10.1. The summed E-state index contributed by atoms with van der Waals surface area (Å²) in [7, 11) is 0. The Balaban J connectivity index is 1.21. The van der Waals surface area contributed by atoms with Crippen molar-refractivity contribution in [2.45, 2.75) is 51.5 Å². The van der Waals surface area contributed by atoms with Crippen LogP contribution < -0.4 is 10.7 Å². The lowest BCUT2D eigenvalue weighted by Crippen LogP contribution is -2.56. The second-order valence-electron chi connectivity index (χ2n) is 9.34. The number of rotatable bonds is 5. The van der Waals surface area contributed by atoms with Gasteiger partial charge in [-0.15, -0.1) is 0 Å². The third-order valence-electron chi connectivity index (χ3n) is 7.14. The molecule has 6 rings (SSSR count). The van der Waals surface area contributed by atoms with E-state index in [9.17, 15) is 9.59 Å². The lowest BCUT2D eigenvalue weighted by Gasteiger charge is -2.55. The molecule has 1 atom stereocenters. The van der Waals surface area contributed by atoms with E-state index >= 15 is 0 Å². The largest absolute Gasteiger partial charge is 0.344 e. The van der Waals surface area contributed by atoms with Gasteiger partial charge in [-0.05, 0) is 75.3 Å². The minimum absolute atomic E-state index is 0.0399. The van der Waals surface area contributed by atoms with Crippen LogP contribution in [0.15, 0.2) is 29.5 Å². The van der Waals surface area contributed by atoms with Gasteiger partial charge in [0.1, 0.15) is 17.4 Å². The van der Waals surface area contributed by atoms with E-state index in [2.05, 4.69) is 20.8 Å². The van der Waals surface area contributed by atoms with Crippen LogP contribution in [-0.4, -0.2) is 33.5 Å². The molecule has 7 nitrogen and oxygen atoms in total. The quantitative estimate of drug-likeness (QED) is 0.567. The maximum Gasteiger partial charge on any atom is 0.262 e. The Kier molecular flexibility index (Phi) is 4.81. The zero-order valence-electron chi connectivity index (χ0n) is 17.0. The summed E-state index contributed by atoms with van der Waals surface area (Å²) in [5.74, 6) is 1.75. The van der Waals surface area contributed by atoms with Crippen LogP contribution in [0.5, 0.6) is 0 Å². The van der Waals surface area contributed by atoms with E-state index in [-0.39, 0.29) is 17.2 Å². The molecule has 0 unspecified atom stereocenters. The summed E-state index contributed by atoms with van der Waals surface area (Å²) in [4.78, 5) is 29.8. The molecule has 0 saturated heterocycles. The first kappa shape index (κ1) is 19.5. The number of fused-ring (bicyclic) bond motifs is 1. The number of nitrogens with one attached hydrogen (secondary N) is 2. The number of hydrogen-bond donors (Lipinski definition) is 2. The Morgan fingerprint density at radius 1 is 1.23 bits per heavy atom. The van der Waals surface area contributed by atoms with Gasteiger partial charge >= 0.3 is 0 Å². The molecule has 4 aliphatic carbocycles. The molecular formula is C22H26ClN5O2. The van der Waals surface area contributed by atoms with Gasteiger partial charge in [-0.2, -0.15) is 5.10 Å². The highest BCUT2D eigenvalue weighted by atomic mass is 35.5. The van der Waals surface area contributed by atoms with E-state index in [0.29, 0.717) is 34.2 Å². The van der Waals surface area contributed by atoms with E-state index in [1.54, 1.807) is 11.3 Å². The number of aromatic nitrogens is 2. The van der Waals surface area contributed by atoms with Crippen molar-refractivity contribution < 1.29 is 9.59 Å². The zero-order valence-corrected chi connectivity index (χ0v) is 17.7. The van der Waals surface area contributed by atoms with Crippen molar-refractivity contribution in [2.24, 2.45) is 28.3 Å². The van der Waals surface area contributed by atoms with E-state index in [0.717, 1.165) is 19.3 Å². The number of hydrazone groups is 1. The summed E-state index contributed by atoms with van der Waals surface area (Å²) < 4.78 is 1.79. The second-order valence-corrected chi connectivity index (χ2v) is 9.70. The third kappa shape index (κ3) is 3.39. The summed E-state index contributed by atoms with van der Waals surface area (Å²) in [5, 5.41) is 7.28. The predicted molar refractivity (Wildman–Crippen MR) is 114 cm³/mol. The molecule has 158 valence electrons. The fourth-order valence-corrected chi connectivity index (χ4v) is 6.39. The second kappa shape index (κ2) is 7.38. The molecule has 2 amide bonds. The Hall–Kier alpha value is -2.41. The maximum atomic E-state index is 13.1. The van der Waals surface area contributed by atoms with Gasteiger partial charge < -0.3 is 5.32 Å². The van der Waals surface area contributed by atoms with Gasteiger partial charge in [0.25, 0.3) is 5.91 Å². The molecule has 8 heteroatoms. The van der Waals surface area contributed by atoms with E-state index in [1.807, 2.05) is 24.4 Å². The molecule has 4 saturated carbocycles. The Morgan fingerprint density at radius 3 is 2.57 bits per heavy atom. The highest BCUT2D eigenvalue weighted by Crippen LogP contribution is 2.60. The van der Waals surface area contributed by atoms with Gasteiger partial charge in [0, 0.05) is 11.6 Å². The van der Waals surface area contributed by atoms with E-state index < -0.39 is 6.04 Å². The van der Waals surface area contributed by atoms with Crippen molar-refractivity contribution in [1.82, 2.24) is 20.1 Å². The summed E-state index contributed by atoms with van der Waals surface area (Å²) >= 11 is 6.17. The van der Waals surface area contributed by atoms with Gasteiger partial charge in [0.15, 0.2) is 5.15 Å². The lowest BCUT2D eigenvalue weighted by atomic mass is 9.49. The van der Waals surface area contributed by atoms with Gasteiger partial charge in [-0.3, -0.25) is 14.0 Å². The molecule has 2 aromatic heterocycles. The Labute approximate surface area is 180 Å². The predicted octanol–water partition coefficient (Wildman–Crippen LogP) is 3.16. The van der Waals surface area contributed by atoms with Gasteiger partial charge in [0.05, 0.1) is 6.21 Å². The highest BCUT2D eigenvalue weighted by Gasteiger charge is 2.54. The fourth-order valence-electron chi connectivity index (χ4n) is 6.16. The molecule has 0 spiro atoms.